The summed E-state index contributed by atoms with van der Waals surface area (Å²) in [4.78, 5) is 22.4. The third-order valence-electron chi connectivity index (χ3n) is 2.29. The molecule has 0 fully saturated rings. The first-order chi connectivity index (χ1) is 8.01. The number of nitrogens with zero attached hydrogens (tertiary/aromatic N) is 2. The first-order valence-electron chi connectivity index (χ1n) is 4.83. The summed E-state index contributed by atoms with van der Waals surface area (Å²) >= 11 is 0. The molecule has 0 spiro atoms. The predicted octanol–water partition coefficient (Wildman–Crippen LogP) is -1.08. The molecule has 0 radical (unpaired) electrons. The van der Waals surface area contributed by atoms with Crippen molar-refractivity contribution in [2.75, 3.05) is 7.11 Å². The SMILES string of the molecule is COCc1cc(C)n(CC(=O)[O-])c(=O)c1C#N. The maximum absolute atomic E-state index is 11.8. The standard InChI is InChI=1S/C11H12N2O4/c1-7-3-8(6-17-2)9(4-12)11(16)13(7)5-10(14)15/h3H,5-6H2,1-2H3,(H,14,15)/p-1. The zero-order chi connectivity index (χ0) is 13.0. The summed E-state index contributed by atoms with van der Waals surface area (Å²) in [7, 11) is 1.45. The molecule has 0 N–H and O–H groups in total. The number of carbonyl (C=O) groups is 1. The summed E-state index contributed by atoms with van der Waals surface area (Å²) in [6, 6.07) is 3.32. The number of carbonyl (C=O) groups excluding carboxylic acids is 1. The second-order valence-electron chi connectivity index (χ2n) is 3.49. The van der Waals surface area contributed by atoms with E-state index in [1.165, 1.54) is 7.11 Å². The van der Waals surface area contributed by atoms with E-state index in [0.717, 1.165) is 4.57 Å². The van der Waals surface area contributed by atoms with Crippen molar-refractivity contribution in [2.45, 2.75) is 20.1 Å². The van der Waals surface area contributed by atoms with Gasteiger partial charge in [0.25, 0.3) is 5.56 Å². The lowest BCUT2D eigenvalue weighted by Crippen LogP contribution is -2.35. The Morgan fingerprint density at radius 3 is 2.76 bits per heavy atom. The van der Waals surface area contributed by atoms with E-state index in [0.29, 0.717) is 11.3 Å². The zero-order valence-electron chi connectivity index (χ0n) is 9.52. The van der Waals surface area contributed by atoms with Crippen molar-refractivity contribution in [3.05, 3.63) is 33.2 Å². The van der Waals surface area contributed by atoms with Gasteiger partial charge in [0.2, 0.25) is 0 Å². The average molecular weight is 235 g/mol. The second kappa shape index (κ2) is 5.27. The van der Waals surface area contributed by atoms with Crippen LogP contribution >= 0.6 is 0 Å². The van der Waals surface area contributed by atoms with Gasteiger partial charge >= 0.3 is 0 Å². The van der Waals surface area contributed by atoms with E-state index in [1.807, 2.05) is 0 Å². The lowest BCUT2D eigenvalue weighted by molar-refractivity contribution is -0.306. The highest BCUT2D eigenvalue weighted by molar-refractivity contribution is 5.64. The van der Waals surface area contributed by atoms with Crippen molar-refractivity contribution in [3.8, 4) is 6.07 Å². The largest absolute Gasteiger partial charge is 0.548 e. The van der Waals surface area contributed by atoms with Crippen LogP contribution in [0.4, 0.5) is 0 Å². The number of ether oxygens (including phenoxy) is 1. The van der Waals surface area contributed by atoms with Crippen molar-refractivity contribution in [1.82, 2.24) is 4.57 Å². The molecular weight excluding hydrogens is 224 g/mol. The van der Waals surface area contributed by atoms with E-state index in [-0.39, 0.29) is 12.2 Å². The van der Waals surface area contributed by atoms with Gasteiger partial charge in [-0.25, -0.2) is 0 Å². The molecule has 1 aromatic rings. The highest BCUT2D eigenvalue weighted by Crippen LogP contribution is 2.08. The molecule has 0 aliphatic rings. The van der Waals surface area contributed by atoms with Gasteiger partial charge in [-0.2, -0.15) is 5.26 Å². The van der Waals surface area contributed by atoms with Crippen LogP contribution in [0.15, 0.2) is 10.9 Å². The molecule has 1 heterocycles. The molecule has 0 aliphatic carbocycles. The fraction of sp³-hybridized carbons (Fsp3) is 0.364. The van der Waals surface area contributed by atoms with Crippen LogP contribution in [0.2, 0.25) is 0 Å². The fourth-order valence-corrected chi connectivity index (χ4v) is 1.55. The van der Waals surface area contributed by atoms with Crippen LogP contribution in [0, 0.1) is 18.3 Å². The Balaban J connectivity index is 3.42. The first-order valence-corrected chi connectivity index (χ1v) is 4.83. The Hall–Kier alpha value is -2.13. The van der Waals surface area contributed by atoms with Gasteiger partial charge in [-0.15, -0.1) is 0 Å². The lowest BCUT2D eigenvalue weighted by atomic mass is 10.1. The quantitative estimate of drug-likeness (QED) is 0.661. The van der Waals surface area contributed by atoms with E-state index >= 15 is 0 Å². The summed E-state index contributed by atoms with van der Waals surface area (Å²) in [5, 5.41) is 19.4. The van der Waals surface area contributed by atoms with Crippen LogP contribution in [-0.4, -0.2) is 17.6 Å². The first kappa shape index (κ1) is 12.9. The van der Waals surface area contributed by atoms with Gasteiger partial charge in [0, 0.05) is 18.4 Å². The van der Waals surface area contributed by atoms with Crippen LogP contribution in [0.5, 0.6) is 0 Å². The van der Waals surface area contributed by atoms with Crippen LogP contribution in [-0.2, 0) is 22.7 Å². The highest BCUT2D eigenvalue weighted by atomic mass is 16.5. The Labute approximate surface area is 97.7 Å². The molecule has 6 nitrogen and oxygen atoms in total. The van der Waals surface area contributed by atoms with Crippen LogP contribution in [0.1, 0.15) is 16.8 Å². The topological polar surface area (TPSA) is 95.2 Å². The number of hydrogen-bond acceptors (Lipinski definition) is 5. The number of pyridine rings is 1. The van der Waals surface area contributed by atoms with E-state index in [4.69, 9.17) is 10.00 Å². The molecule has 17 heavy (non-hydrogen) atoms. The van der Waals surface area contributed by atoms with Crippen LogP contribution < -0.4 is 10.7 Å². The molecule has 0 saturated heterocycles. The maximum atomic E-state index is 11.8. The van der Waals surface area contributed by atoms with Crippen molar-refractivity contribution in [1.29, 1.82) is 5.26 Å². The monoisotopic (exact) mass is 235 g/mol. The number of aromatic nitrogens is 1. The highest BCUT2D eigenvalue weighted by Gasteiger charge is 2.12. The van der Waals surface area contributed by atoms with Gasteiger partial charge in [-0.3, -0.25) is 4.79 Å². The average Bonchev–Trinajstić information content (AvgIpc) is 2.24. The third-order valence-corrected chi connectivity index (χ3v) is 2.29. The Morgan fingerprint density at radius 1 is 1.65 bits per heavy atom. The third kappa shape index (κ3) is 2.71. The number of hydrogen-bond donors (Lipinski definition) is 0. The van der Waals surface area contributed by atoms with Crippen LogP contribution in [0.25, 0.3) is 0 Å². The molecule has 0 aromatic carbocycles. The van der Waals surface area contributed by atoms with Crippen molar-refractivity contribution in [2.24, 2.45) is 0 Å². The van der Waals surface area contributed by atoms with Crippen molar-refractivity contribution < 1.29 is 14.6 Å². The van der Waals surface area contributed by atoms with E-state index in [9.17, 15) is 14.7 Å². The number of aryl methyl sites for hydroxylation is 1. The number of rotatable bonds is 4. The minimum Gasteiger partial charge on any atom is -0.548 e. The molecule has 1 aromatic heterocycles. The van der Waals surface area contributed by atoms with E-state index in [1.54, 1.807) is 19.1 Å². The number of aliphatic carboxylic acids is 1. The van der Waals surface area contributed by atoms with Gasteiger partial charge in [-0.05, 0) is 13.0 Å². The maximum Gasteiger partial charge on any atom is 0.269 e. The molecule has 0 bridgehead atoms. The second-order valence-corrected chi connectivity index (χ2v) is 3.49. The summed E-state index contributed by atoms with van der Waals surface area (Å²) in [5.74, 6) is -1.38. The molecule has 0 unspecified atom stereocenters. The molecule has 0 amide bonds. The minimum absolute atomic E-state index is 0.0984. The zero-order valence-corrected chi connectivity index (χ0v) is 9.52. The molecule has 90 valence electrons. The lowest BCUT2D eigenvalue weighted by Gasteiger charge is -2.13. The summed E-state index contributed by atoms with van der Waals surface area (Å²) in [6.45, 7) is 1.16. The minimum atomic E-state index is -1.38. The normalized spacial score (nSPS) is 9.94. The van der Waals surface area contributed by atoms with Gasteiger partial charge in [0.05, 0.1) is 19.1 Å². The van der Waals surface area contributed by atoms with Gasteiger partial charge < -0.3 is 19.2 Å². The van der Waals surface area contributed by atoms with Crippen molar-refractivity contribution >= 4 is 5.97 Å². The Morgan fingerprint density at radius 2 is 2.29 bits per heavy atom. The smallest absolute Gasteiger partial charge is 0.269 e. The number of methoxy groups -OCH3 is 1. The summed E-state index contributed by atoms with van der Waals surface area (Å²) < 4.78 is 5.87. The van der Waals surface area contributed by atoms with E-state index < -0.39 is 18.1 Å². The van der Waals surface area contributed by atoms with Gasteiger partial charge in [0.1, 0.15) is 11.6 Å². The number of nitriles is 1. The molecule has 0 atom stereocenters. The fourth-order valence-electron chi connectivity index (χ4n) is 1.55. The molecule has 0 saturated carbocycles. The number of carboxylic acid groups (broad SMARTS) is 1. The summed E-state index contributed by atoms with van der Waals surface area (Å²) in [6.07, 6.45) is 0. The van der Waals surface area contributed by atoms with E-state index in [2.05, 4.69) is 0 Å². The Kier molecular flexibility index (Phi) is 4.01. The molecule has 1 rings (SSSR count). The van der Waals surface area contributed by atoms with Crippen LogP contribution in [0.3, 0.4) is 0 Å². The van der Waals surface area contributed by atoms with Gasteiger partial charge in [0.15, 0.2) is 0 Å². The van der Waals surface area contributed by atoms with Crippen molar-refractivity contribution in [3.63, 3.8) is 0 Å². The molecular formula is C11H11N2O4-. The predicted molar refractivity (Wildman–Crippen MR) is 55.9 cm³/mol. The molecule has 0 aliphatic heterocycles. The molecule has 6 heteroatoms. The number of carboxylic acids is 1. The van der Waals surface area contributed by atoms with Gasteiger partial charge in [-0.1, -0.05) is 0 Å². The Bertz CT molecular complexity index is 540. The summed E-state index contributed by atoms with van der Waals surface area (Å²) in [5.41, 5.74) is 0.166.